The van der Waals surface area contributed by atoms with Crippen molar-refractivity contribution < 1.29 is 36.2 Å². The summed E-state index contributed by atoms with van der Waals surface area (Å²) in [6, 6.07) is 10.7. The molecule has 2 heterocycles. The number of halogens is 5. The molecule has 2 aromatic carbocycles. The van der Waals surface area contributed by atoms with Gasteiger partial charge in [0, 0.05) is 13.7 Å². The summed E-state index contributed by atoms with van der Waals surface area (Å²) in [5.74, 6) is -1.15. The Hall–Kier alpha value is -3.71. The fourth-order valence-electron chi connectivity index (χ4n) is 4.50. The first-order valence-corrected chi connectivity index (χ1v) is 13.0. The number of amides is 2. The third-order valence-corrected chi connectivity index (χ3v) is 6.54. The number of benzene rings is 2. The van der Waals surface area contributed by atoms with E-state index < -0.39 is 36.5 Å². The highest BCUT2D eigenvalue weighted by Gasteiger charge is 2.45. The van der Waals surface area contributed by atoms with Crippen molar-refractivity contribution in [2.24, 2.45) is 5.73 Å². The fraction of sp³-hybridized carbons (Fsp3) is 0.429. The molecule has 1 saturated heterocycles. The number of nitrogens with two attached hydrogens (primary N) is 1. The predicted molar refractivity (Wildman–Crippen MR) is 144 cm³/mol. The average molecular weight is 584 g/mol. The molecule has 1 fully saturated rings. The van der Waals surface area contributed by atoms with E-state index in [-0.39, 0.29) is 19.0 Å². The van der Waals surface area contributed by atoms with E-state index in [0.717, 1.165) is 29.8 Å². The number of hydrogen-bond acceptors (Lipinski definition) is 5. The van der Waals surface area contributed by atoms with Crippen LogP contribution >= 0.6 is 0 Å². The number of hydrogen-bond donors (Lipinski definition) is 2. The number of urea groups is 1. The number of anilines is 1. The Kier molecular flexibility index (Phi) is 11.1. The normalized spacial score (nSPS) is 16.1. The second-order valence-electron chi connectivity index (χ2n) is 9.53. The molecule has 3 aromatic rings. The van der Waals surface area contributed by atoms with Crippen molar-refractivity contribution in [2.75, 3.05) is 38.7 Å². The monoisotopic (exact) mass is 583 g/mol. The lowest BCUT2D eigenvalue weighted by atomic mass is 9.98. The Morgan fingerprint density at radius 2 is 1.88 bits per heavy atom. The Balaban J connectivity index is 0.000000226. The third kappa shape index (κ3) is 8.40. The minimum absolute atomic E-state index is 0.151. The minimum atomic E-state index is -4.38. The summed E-state index contributed by atoms with van der Waals surface area (Å²) in [7, 11) is 1.22. The maximum Gasteiger partial charge on any atom is 0.406 e. The number of methoxy groups -OCH3 is 1. The molecule has 3 N–H and O–H groups in total. The zero-order valence-corrected chi connectivity index (χ0v) is 23.0. The van der Waals surface area contributed by atoms with Crippen molar-refractivity contribution in [1.29, 1.82) is 0 Å². The van der Waals surface area contributed by atoms with Crippen LogP contribution in [-0.2, 0) is 4.74 Å². The highest BCUT2D eigenvalue weighted by molar-refractivity contribution is 5.88. The lowest BCUT2D eigenvalue weighted by Crippen LogP contribution is -2.47. The molecule has 41 heavy (non-hydrogen) atoms. The molecular weight excluding hydrogens is 549 g/mol. The average Bonchev–Trinajstić information content (AvgIpc) is 3.53. The van der Waals surface area contributed by atoms with Crippen molar-refractivity contribution >= 4 is 11.8 Å². The predicted octanol–water partition coefficient (Wildman–Crippen LogP) is 5.79. The number of carbonyl (C=O) groups is 1. The number of nitrogens with one attached hydrogen (secondary N) is 1. The van der Waals surface area contributed by atoms with E-state index in [2.05, 4.69) is 15.2 Å². The molecule has 0 saturated carbocycles. The van der Waals surface area contributed by atoms with Gasteiger partial charge in [0.1, 0.15) is 11.9 Å². The number of primary amides is 1. The van der Waals surface area contributed by atoms with Crippen LogP contribution in [0.25, 0.3) is 5.69 Å². The lowest BCUT2D eigenvalue weighted by molar-refractivity contribution is -0.192. The number of para-hydroxylation sites is 1. The van der Waals surface area contributed by atoms with E-state index in [1.54, 1.807) is 4.68 Å². The first-order valence-electron chi connectivity index (χ1n) is 13.0. The summed E-state index contributed by atoms with van der Waals surface area (Å²) in [5.41, 5.74) is 7.32. The first-order chi connectivity index (χ1) is 19.5. The van der Waals surface area contributed by atoms with Gasteiger partial charge in [-0.05, 0) is 62.1 Å². The van der Waals surface area contributed by atoms with Gasteiger partial charge in [0.25, 0.3) is 0 Å². The summed E-state index contributed by atoms with van der Waals surface area (Å²) >= 11 is 0. The first kappa shape index (κ1) is 31.8. The Morgan fingerprint density at radius 1 is 1.17 bits per heavy atom. The van der Waals surface area contributed by atoms with Crippen molar-refractivity contribution in [3.63, 3.8) is 0 Å². The van der Waals surface area contributed by atoms with Crippen molar-refractivity contribution in [3.05, 3.63) is 71.3 Å². The highest BCUT2D eigenvalue weighted by atomic mass is 19.4. The third-order valence-electron chi connectivity index (χ3n) is 6.54. The van der Waals surface area contributed by atoms with Gasteiger partial charge < -0.3 is 15.2 Å². The van der Waals surface area contributed by atoms with Gasteiger partial charge in [-0.1, -0.05) is 31.2 Å². The number of likely N-dealkylation sites (tertiary alicyclic amines) is 1. The molecule has 1 aliphatic heterocycles. The van der Waals surface area contributed by atoms with Crippen LogP contribution < -0.4 is 15.8 Å². The number of alkyl halides is 3. The molecule has 13 heteroatoms. The summed E-state index contributed by atoms with van der Waals surface area (Å²) in [6.07, 6.45) is -3.02. The molecule has 2 unspecified atom stereocenters. The summed E-state index contributed by atoms with van der Waals surface area (Å²) in [4.78, 5) is 12.4. The maximum absolute atomic E-state index is 13.2. The quantitative estimate of drug-likeness (QED) is 0.311. The summed E-state index contributed by atoms with van der Waals surface area (Å²) < 4.78 is 76.9. The zero-order valence-electron chi connectivity index (χ0n) is 23.0. The summed E-state index contributed by atoms with van der Waals surface area (Å²) in [6.45, 7) is 4.39. The number of ether oxygens (including phenoxy) is 2. The second kappa shape index (κ2) is 14.3. The van der Waals surface area contributed by atoms with E-state index in [9.17, 15) is 26.7 Å². The van der Waals surface area contributed by atoms with E-state index in [4.69, 9.17) is 10.5 Å². The Morgan fingerprint density at radius 3 is 2.46 bits per heavy atom. The zero-order chi connectivity index (χ0) is 30.2. The molecule has 4 rings (SSSR count). The van der Waals surface area contributed by atoms with Crippen LogP contribution in [0, 0.1) is 18.6 Å². The van der Waals surface area contributed by atoms with Gasteiger partial charge >= 0.3 is 12.2 Å². The van der Waals surface area contributed by atoms with Crippen LogP contribution in [0.5, 0.6) is 5.88 Å². The van der Waals surface area contributed by atoms with E-state index in [0.29, 0.717) is 30.3 Å². The largest absolute Gasteiger partial charge is 0.476 e. The van der Waals surface area contributed by atoms with Crippen LogP contribution in [0.3, 0.4) is 0 Å². The molecule has 2 amide bonds. The molecule has 0 radical (unpaired) electrons. The number of aromatic nitrogens is 2. The summed E-state index contributed by atoms with van der Waals surface area (Å²) in [5, 5.41) is 6.99. The molecule has 224 valence electrons. The van der Waals surface area contributed by atoms with Crippen LogP contribution in [0.2, 0.25) is 0 Å². The maximum atomic E-state index is 13.2. The van der Waals surface area contributed by atoms with Gasteiger partial charge in [-0.2, -0.15) is 13.2 Å². The van der Waals surface area contributed by atoms with Crippen LogP contribution in [0.15, 0.2) is 48.5 Å². The van der Waals surface area contributed by atoms with Crippen molar-refractivity contribution in [2.45, 2.75) is 44.8 Å². The van der Waals surface area contributed by atoms with Gasteiger partial charge in [0.15, 0.2) is 11.6 Å². The fourth-order valence-corrected chi connectivity index (χ4v) is 4.50. The molecule has 1 aliphatic rings. The molecule has 1 aromatic heterocycles. The standard InChI is InChI=1S/C14H16F5NO.C14H18N4O2/c1-21-8-13(14(17,18)19)20-5-4-10(7-20)9-2-3-11(15)12(16)6-9;1-3-9-20-13-10(2)12(16-14(15)19)18(17-13)11-7-5-4-6-8-11/h2-3,6,10,13H,4-5,7-8H2,1H3;4-8H,3,9H2,1-2H3,(H3,15,16,19). The topological polar surface area (TPSA) is 94.6 Å². The second-order valence-corrected chi connectivity index (χ2v) is 9.53. The Labute approximate surface area is 235 Å². The van der Waals surface area contributed by atoms with Gasteiger partial charge in [0.2, 0.25) is 5.88 Å². The van der Waals surface area contributed by atoms with Gasteiger partial charge in [0.05, 0.1) is 24.5 Å². The molecule has 0 bridgehead atoms. The number of nitrogens with zero attached hydrogens (tertiary/aromatic N) is 3. The highest BCUT2D eigenvalue weighted by Crippen LogP contribution is 2.34. The van der Waals surface area contributed by atoms with Gasteiger partial charge in [-0.3, -0.25) is 10.2 Å². The number of rotatable bonds is 9. The molecule has 2 atom stereocenters. The molecule has 0 aliphatic carbocycles. The van der Waals surface area contributed by atoms with Crippen LogP contribution in [-0.4, -0.2) is 66.3 Å². The molecule has 8 nitrogen and oxygen atoms in total. The van der Waals surface area contributed by atoms with E-state index in [1.807, 2.05) is 44.2 Å². The van der Waals surface area contributed by atoms with Gasteiger partial charge in [-0.25, -0.2) is 18.3 Å². The molecular formula is C28H34F5N5O3. The SMILES string of the molecule is CCCOc1nn(-c2ccccc2)c(NC(N)=O)c1C.COCC(N1CCC(c2ccc(F)c(F)c2)C1)C(F)(F)F. The van der Waals surface area contributed by atoms with Crippen molar-refractivity contribution in [1.82, 2.24) is 14.7 Å². The van der Waals surface area contributed by atoms with Gasteiger partial charge in [-0.15, -0.1) is 5.10 Å². The van der Waals surface area contributed by atoms with E-state index in [1.165, 1.54) is 18.1 Å². The van der Waals surface area contributed by atoms with Crippen LogP contribution in [0.1, 0.15) is 36.8 Å². The smallest absolute Gasteiger partial charge is 0.406 e. The number of carbonyl (C=O) groups excluding carboxylic acids is 1. The molecule has 0 spiro atoms. The Bertz CT molecular complexity index is 1290. The van der Waals surface area contributed by atoms with Crippen molar-refractivity contribution in [3.8, 4) is 11.6 Å². The van der Waals surface area contributed by atoms with Crippen LogP contribution in [0.4, 0.5) is 32.6 Å². The minimum Gasteiger partial charge on any atom is -0.476 e. The lowest BCUT2D eigenvalue weighted by Gasteiger charge is -2.29. The van der Waals surface area contributed by atoms with E-state index >= 15 is 0 Å².